The van der Waals surface area contributed by atoms with Crippen molar-refractivity contribution < 1.29 is 14.3 Å². The number of hydrogen-bond acceptors (Lipinski definition) is 5. The average Bonchev–Trinajstić information content (AvgIpc) is 3.04. The summed E-state index contributed by atoms with van der Waals surface area (Å²) in [5.74, 6) is -1.31. The lowest BCUT2D eigenvalue weighted by Gasteiger charge is -2.14. The Morgan fingerprint density at radius 1 is 1.50 bits per heavy atom. The first-order valence-electron chi connectivity index (χ1n) is 6.08. The fraction of sp³-hybridized carbons (Fsp3) is 0.462. The van der Waals surface area contributed by atoms with Crippen LogP contribution in [0.5, 0.6) is 0 Å². The number of rotatable bonds is 3. The summed E-state index contributed by atoms with van der Waals surface area (Å²) in [5.41, 5.74) is 0. The second-order valence-corrected chi connectivity index (χ2v) is 6.33. The predicted octanol–water partition coefficient (Wildman–Crippen LogP) is 2.22. The second kappa shape index (κ2) is 6.25. The quantitative estimate of drug-likeness (QED) is 0.868. The van der Waals surface area contributed by atoms with Crippen LogP contribution in [0.25, 0.3) is 0 Å². The minimum absolute atomic E-state index is 0.266. The Morgan fingerprint density at radius 2 is 2.25 bits per heavy atom. The maximum absolute atomic E-state index is 12.0. The molecule has 1 saturated carbocycles. The Kier molecular flexibility index (Phi) is 4.63. The van der Waals surface area contributed by atoms with E-state index in [0.717, 1.165) is 0 Å². The SMILES string of the molecule is COC(=O)C1CC(C#N)C(NC(=O)c2ccc(Cl)s2)C1. The second-order valence-electron chi connectivity index (χ2n) is 4.61. The summed E-state index contributed by atoms with van der Waals surface area (Å²) in [6.45, 7) is 0. The summed E-state index contributed by atoms with van der Waals surface area (Å²) in [6.07, 6.45) is 0.842. The van der Waals surface area contributed by atoms with Crippen molar-refractivity contribution in [1.82, 2.24) is 5.32 Å². The fourth-order valence-corrected chi connectivity index (χ4v) is 3.32. The number of thiophene rings is 1. The minimum Gasteiger partial charge on any atom is -0.469 e. The largest absolute Gasteiger partial charge is 0.469 e. The molecule has 1 aliphatic carbocycles. The summed E-state index contributed by atoms with van der Waals surface area (Å²) >= 11 is 6.96. The van der Waals surface area contributed by atoms with E-state index in [1.807, 2.05) is 0 Å². The molecular weight excluding hydrogens is 300 g/mol. The fourth-order valence-electron chi connectivity index (χ4n) is 2.37. The molecular formula is C13H13ClN2O3S. The highest BCUT2D eigenvalue weighted by molar-refractivity contribution is 7.17. The van der Waals surface area contributed by atoms with E-state index >= 15 is 0 Å². The molecule has 2 rings (SSSR count). The first-order valence-corrected chi connectivity index (χ1v) is 7.28. The van der Waals surface area contributed by atoms with Crippen molar-refractivity contribution in [2.24, 2.45) is 11.8 Å². The van der Waals surface area contributed by atoms with Gasteiger partial charge in [-0.2, -0.15) is 5.26 Å². The summed E-state index contributed by atoms with van der Waals surface area (Å²) in [4.78, 5) is 24.1. The van der Waals surface area contributed by atoms with Gasteiger partial charge in [-0.15, -0.1) is 11.3 Å². The third-order valence-corrected chi connectivity index (χ3v) is 4.61. The van der Waals surface area contributed by atoms with Gasteiger partial charge in [-0.25, -0.2) is 0 Å². The highest BCUT2D eigenvalue weighted by Gasteiger charge is 2.39. The van der Waals surface area contributed by atoms with Crippen molar-refractivity contribution in [1.29, 1.82) is 5.26 Å². The van der Waals surface area contributed by atoms with Crippen molar-refractivity contribution in [2.75, 3.05) is 7.11 Å². The topological polar surface area (TPSA) is 79.2 Å². The molecule has 0 saturated heterocycles. The van der Waals surface area contributed by atoms with Gasteiger partial charge in [0.2, 0.25) is 0 Å². The molecule has 1 aromatic rings. The molecule has 1 fully saturated rings. The Morgan fingerprint density at radius 3 is 2.80 bits per heavy atom. The zero-order valence-electron chi connectivity index (χ0n) is 10.8. The summed E-state index contributed by atoms with van der Waals surface area (Å²) in [5, 5.41) is 11.9. The molecule has 106 valence electrons. The number of nitrogens with one attached hydrogen (secondary N) is 1. The third kappa shape index (κ3) is 3.11. The number of methoxy groups -OCH3 is 1. The molecule has 1 heterocycles. The average molecular weight is 313 g/mol. The molecule has 3 atom stereocenters. The monoisotopic (exact) mass is 312 g/mol. The molecule has 1 aliphatic rings. The van der Waals surface area contributed by atoms with Crippen LogP contribution in [-0.4, -0.2) is 25.0 Å². The smallest absolute Gasteiger partial charge is 0.308 e. The molecule has 7 heteroatoms. The molecule has 0 aromatic carbocycles. The van der Waals surface area contributed by atoms with Crippen LogP contribution < -0.4 is 5.32 Å². The van der Waals surface area contributed by atoms with Gasteiger partial charge in [0.05, 0.1) is 34.2 Å². The van der Waals surface area contributed by atoms with E-state index in [1.54, 1.807) is 12.1 Å². The van der Waals surface area contributed by atoms with Gasteiger partial charge in [-0.3, -0.25) is 9.59 Å². The minimum atomic E-state index is -0.376. The van der Waals surface area contributed by atoms with Crippen LogP contribution in [-0.2, 0) is 9.53 Å². The van der Waals surface area contributed by atoms with E-state index in [9.17, 15) is 9.59 Å². The normalized spacial score (nSPS) is 24.9. The molecule has 0 radical (unpaired) electrons. The number of amides is 1. The number of nitrogens with zero attached hydrogens (tertiary/aromatic N) is 1. The lowest BCUT2D eigenvalue weighted by Crippen LogP contribution is -2.36. The van der Waals surface area contributed by atoms with E-state index in [1.165, 1.54) is 18.4 Å². The van der Waals surface area contributed by atoms with Gasteiger partial charge in [0, 0.05) is 6.04 Å². The molecule has 1 aromatic heterocycles. The number of hydrogen-bond donors (Lipinski definition) is 1. The van der Waals surface area contributed by atoms with Crippen LogP contribution >= 0.6 is 22.9 Å². The Bertz CT molecular complexity index is 566. The van der Waals surface area contributed by atoms with Crippen LogP contribution in [0.4, 0.5) is 0 Å². The Labute approximate surface area is 125 Å². The molecule has 0 spiro atoms. The number of carbonyl (C=O) groups is 2. The highest BCUT2D eigenvalue weighted by atomic mass is 35.5. The van der Waals surface area contributed by atoms with Gasteiger partial charge >= 0.3 is 5.97 Å². The summed E-state index contributed by atoms with van der Waals surface area (Å²) in [6, 6.07) is 5.09. The van der Waals surface area contributed by atoms with Gasteiger partial charge in [0.25, 0.3) is 5.91 Å². The van der Waals surface area contributed by atoms with Crippen LogP contribution in [0.3, 0.4) is 0 Å². The van der Waals surface area contributed by atoms with Crippen molar-refractivity contribution in [3.05, 3.63) is 21.3 Å². The molecule has 0 aliphatic heterocycles. The van der Waals surface area contributed by atoms with Gasteiger partial charge in [-0.05, 0) is 25.0 Å². The van der Waals surface area contributed by atoms with Gasteiger partial charge in [0.1, 0.15) is 0 Å². The molecule has 20 heavy (non-hydrogen) atoms. The standard InChI is InChI=1S/C13H13ClN2O3S/c1-19-13(18)7-4-8(6-15)9(5-7)16-12(17)10-2-3-11(14)20-10/h2-3,7-9H,4-5H2,1H3,(H,16,17). The van der Waals surface area contributed by atoms with Crippen LogP contribution in [0, 0.1) is 23.2 Å². The number of carbonyl (C=O) groups excluding carboxylic acids is 2. The molecule has 1 amide bonds. The zero-order chi connectivity index (χ0) is 14.7. The molecule has 0 bridgehead atoms. The summed E-state index contributed by atoms with van der Waals surface area (Å²) in [7, 11) is 1.32. The van der Waals surface area contributed by atoms with Crippen LogP contribution in [0.1, 0.15) is 22.5 Å². The van der Waals surface area contributed by atoms with Crippen molar-refractivity contribution in [3.8, 4) is 6.07 Å². The number of halogens is 1. The van der Waals surface area contributed by atoms with E-state index < -0.39 is 0 Å². The maximum atomic E-state index is 12.0. The number of esters is 1. The molecule has 5 nitrogen and oxygen atoms in total. The molecule has 3 unspecified atom stereocenters. The first kappa shape index (κ1) is 14.8. The van der Waals surface area contributed by atoms with E-state index in [2.05, 4.69) is 11.4 Å². The molecule has 1 N–H and O–H groups in total. The first-order chi connectivity index (χ1) is 9.55. The van der Waals surface area contributed by atoms with Gasteiger partial charge in [-0.1, -0.05) is 11.6 Å². The predicted molar refractivity (Wildman–Crippen MR) is 74.4 cm³/mol. The zero-order valence-corrected chi connectivity index (χ0v) is 12.3. The van der Waals surface area contributed by atoms with E-state index in [-0.39, 0.29) is 29.8 Å². The van der Waals surface area contributed by atoms with Crippen LogP contribution in [0.2, 0.25) is 4.34 Å². The Balaban J connectivity index is 2.03. The maximum Gasteiger partial charge on any atom is 0.308 e. The van der Waals surface area contributed by atoms with Crippen molar-refractivity contribution >= 4 is 34.8 Å². The van der Waals surface area contributed by atoms with Crippen molar-refractivity contribution in [3.63, 3.8) is 0 Å². The third-order valence-electron chi connectivity index (χ3n) is 3.38. The van der Waals surface area contributed by atoms with E-state index in [0.29, 0.717) is 22.1 Å². The number of ether oxygens (including phenoxy) is 1. The van der Waals surface area contributed by atoms with Gasteiger partial charge < -0.3 is 10.1 Å². The lowest BCUT2D eigenvalue weighted by atomic mass is 10.1. The Hall–Kier alpha value is -1.58. The highest BCUT2D eigenvalue weighted by Crippen LogP contribution is 2.32. The lowest BCUT2D eigenvalue weighted by molar-refractivity contribution is -0.145. The van der Waals surface area contributed by atoms with Crippen LogP contribution in [0.15, 0.2) is 12.1 Å². The number of nitriles is 1. The summed E-state index contributed by atoms with van der Waals surface area (Å²) < 4.78 is 5.22. The van der Waals surface area contributed by atoms with E-state index in [4.69, 9.17) is 21.6 Å². The van der Waals surface area contributed by atoms with Gasteiger partial charge in [0.15, 0.2) is 0 Å². The van der Waals surface area contributed by atoms with Crippen molar-refractivity contribution in [2.45, 2.75) is 18.9 Å².